The Balaban J connectivity index is 1.96. The van der Waals surface area contributed by atoms with E-state index in [1.54, 1.807) is 0 Å². The molecule has 2 aromatic rings. The summed E-state index contributed by atoms with van der Waals surface area (Å²) in [6.45, 7) is 12.7. The lowest BCUT2D eigenvalue weighted by molar-refractivity contribution is 0.474. The molecule has 3 rings (SSSR count). The van der Waals surface area contributed by atoms with Gasteiger partial charge in [-0.05, 0) is 31.9 Å². The molecule has 1 aliphatic heterocycles. The normalized spacial score (nSPS) is 16.3. The number of nitrogens with one attached hydrogen (secondary N) is 1. The summed E-state index contributed by atoms with van der Waals surface area (Å²) in [4.78, 5) is 11.5. The zero-order valence-electron chi connectivity index (χ0n) is 14.7. The molecule has 0 radical (unpaired) electrons. The first-order valence-corrected chi connectivity index (χ1v) is 8.31. The van der Waals surface area contributed by atoms with Crippen LogP contribution in [0.3, 0.4) is 0 Å². The summed E-state index contributed by atoms with van der Waals surface area (Å²) < 4.78 is 0. The first kappa shape index (κ1) is 15.8. The average Bonchev–Trinajstić information content (AvgIpc) is 2.45. The maximum Gasteiger partial charge on any atom is 0.134 e. The van der Waals surface area contributed by atoms with Crippen molar-refractivity contribution >= 4 is 11.6 Å². The molecule has 1 aliphatic rings. The number of anilines is 2. The van der Waals surface area contributed by atoms with Crippen molar-refractivity contribution < 1.29 is 0 Å². The van der Waals surface area contributed by atoms with E-state index < -0.39 is 0 Å². The molecule has 122 valence electrons. The first-order valence-electron chi connectivity index (χ1n) is 8.31. The van der Waals surface area contributed by atoms with Gasteiger partial charge in [0, 0.05) is 30.6 Å². The highest BCUT2D eigenvalue weighted by atomic mass is 15.2. The predicted molar refractivity (Wildman–Crippen MR) is 96.0 cm³/mol. The largest absolute Gasteiger partial charge is 0.368 e. The van der Waals surface area contributed by atoms with Gasteiger partial charge in [-0.3, -0.25) is 0 Å². The van der Waals surface area contributed by atoms with E-state index >= 15 is 0 Å². The van der Waals surface area contributed by atoms with Crippen LogP contribution in [0.2, 0.25) is 0 Å². The topological polar surface area (TPSA) is 41.1 Å². The molecule has 2 heterocycles. The van der Waals surface area contributed by atoms with Crippen LogP contribution in [0, 0.1) is 6.92 Å². The highest BCUT2D eigenvalue weighted by molar-refractivity contribution is 5.53. The van der Waals surface area contributed by atoms with Gasteiger partial charge in [0.1, 0.15) is 17.5 Å². The lowest BCUT2D eigenvalue weighted by atomic mass is 9.78. The van der Waals surface area contributed by atoms with E-state index in [1.807, 2.05) is 6.92 Å². The summed E-state index contributed by atoms with van der Waals surface area (Å²) in [5, 5.41) is 3.39. The second kappa shape index (κ2) is 5.84. The van der Waals surface area contributed by atoms with Crippen molar-refractivity contribution in [3.8, 4) is 0 Å². The number of fused-ring (bicyclic) bond motifs is 1. The van der Waals surface area contributed by atoms with Crippen LogP contribution in [0.15, 0.2) is 30.3 Å². The quantitative estimate of drug-likeness (QED) is 0.933. The van der Waals surface area contributed by atoms with Crippen molar-refractivity contribution in [3.05, 3.63) is 47.3 Å². The van der Waals surface area contributed by atoms with E-state index in [1.165, 1.54) is 11.1 Å². The van der Waals surface area contributed by atoms with Crippen molar-refractivity contribution in [2.75, 3.05) is 16.8 Å². The monoisotopic (exact) mass is 310 g/mol. The number of aryl methyl sites for hydroxylation is 1. The molecule has 1 aromatic heterocycles. The summed E-state index contributed by atoms with van der Waals surface area (Å²) in [5.41, 5.74) is 2.94. The molecular formula is C19H26N4. The molecule has 0 fully saturated rings. The third-order valence-electron chi connectivity index (χ3n) is 4.28. The van der Waals surface area contributed by atoms with Gasteiger partial charge < -0.3 is 10.2 Å². The molecular weight excluding hydrogens is 284 g/mol. The van der Waals surface area contributed by atoms with Crippen LogP contribution >= 0.6 is 0 Å². The van der Waals surface area contributed by atoms with E-state index in [0.717, 1.165) is 30.5 Å². The maximum absolute atomic E-state index is 4.68. The van der Waals surface area contributed by atoms with Gasteiger partial charge in [-0.2, -0.15) is 0 Å². The van der Waals surface area contributed by atoms with Crippen molar-refractivity contribution in [3.63, 3.8) is 0 Å². The predicted octanol–water partition coefficient (Wildman–Crippen LogP) is 3.90. The lowest BCUT2D eigenvalue weighted by Gasteiger charge is -2.40. The second-order valence-electron chi connectivity index (χ2n) is 7.35. The van der Waals surface area contributed by atoms with Gasteiger partial charge in [0.15, 0.2) is 0 Å². The number of benzene rings is 1. The van der Waals surface area contributed by atoms with Gasteiger partial charge in [0.05, 0.1) is 0 Å². The summed E-state index contributed by atoms with van der Waals surface area (Å²) in [6.07, 6.45) is 0. The number of aromatic nitrogens is 2. The van der Waals surface area contributed by atoms with Crippen LogP contribution in [0.5, 0.6) is 0 Å². The number of hydrogen-bond acceptors (Lipinski definition) is 4. The fourth-order valence-electron chi connectivity index (χ4n) is 3.39. The molecule has 1 aromatic carbocycles. The lowest BCUT2D eigenvalue weighted by Crippen LogP contribution is -2.42. The minimum atomic E-state index is 0.110. The first-order chi connectivity index (χ1) is 10.8. The van der Waals surface area contributed by atoms with E-state index in [-0.39, 0.29) is 5.41 Å². The van der Waals surface area contributed by atoms with Crippen LogP contribution in [0.4, 0.5) is 11.6 Å². The summed E-state index contributed by atoms with van der Waals surface area (Å²) in [7, 11) is 0. The number of nitrogens with zero attached hydrogens (tertiary/aromatic N) is 3. The van der Waals surface area contributed by atoms with Crippen LogP contribution < -0.4 is 10.2 Å². The molecule has 0 aliphatic carbocycles. The molecule has 1 N–H and O–H groups in total. The summed E-state index contributed by atoms with van der Waals surface area (Å²) >= 11 is 0. The minimum absolute atomic E-state index is 0.110. The third kappa shape index (κ3) is 3.31. The van der Waals surface area contributed by atoms with Crippen molar-refractivity contribution in [1.82, 2.24) is 9.97 Å². The van der Waals surface area contributed by atoms with Crippen molar-refractivity contribution in [2.24, 2.45) is 0 Å². The van der Waals surface area contributed by atoms with Crippen LogP contribution in [-0.2, 0) is 12.0 Å². The Morgan fingerprint density at radius 3 is 2.65 bits per heavy atom. The molecule has 4 heteroatoms. The Morgan fingerprint density at radius 1 is 1.17 bits per heavy atom. The standard InChI is InChI=1S/C19H26N4/c1-13(2)20-17-10-18(22-14(3)21-17)23-11-15-8-6-7-9-16(15)19(4,5)12-23/h6-10,13H,11-12H2,1-5H3,(H,20,21,22). The Hall–Kier alpha value is -2.10. The van der Waals surface area contributed by atoms with E-state index in [0.29, 0.717) is 6.04 Å². The average molecular weight is 310 g/mol. The molecule has 0 unspecified atom stereocenters. The fourth-order valence-corrected chi connectivity index (χ4v) is 3.39. The zero-order valence-corrected chi connectivity index (χ0v) is 14.7. The molecule has 0 amide bonds. The molecule has 0 spiro atoms. The Morgan fingerprint density at radius 2 is 1.91 bits per heavy atom. The van der Waals surface area contributed by atoms with Crippen molar-refractivity contribution in [2.45, 2.75) is 52.6 Å². The smallest absolute Gasteiger partial charge is 0.134 e. The molecule has 0 bridgehead atoms. The van der Waals surface area contributed by atoms with Crippen LogP contribution in [0.25, 0.3) is 0 Å². The van der Waals surface area contributed by atoms with Gasteiger partial charge in [0.25, 0.3) is 0 Å². The highest BCUT2D eigenvalue weighted by Crippen LogP contribution is 2.35. The Bertz CT molecular complexity index is 706. The Kier molecular flexibility index (Phi) is 4.00. The zero-order chi connectivity index (χ0) is 16.6. The highest BCUT2D eigenvalue weighted by Gasteiger charge is 2.32. The van der Waals surface area contributed by atoms with Gasteiger partial charge in [-0.25, -0.2) is 9.97 Å². The minimum Gasteiger partial charge on any atom is -0.368 e. The van der Waals surface area contributed by atoms with Crippen molar-refractivity contribution in [1.29, 1.82) is 0 Å². The molecule has 0 saturated carbocycles. The summed E-state index contributed by atoms with van der Waals surface area (Å²) in [6, 6.07) is 11.2. The molecule has 4 nitrogen and oxygen atoms in total. The van der Waals surface area contributed by atoms with Crippen LogP contribution in [0.1, 0.15) is 44.6 Å². The van der Waals surface area contributed by atoms with E-state index in [4.69, 9.17) is 0 Å². The SMILES string of the molecule is Cc1nc(NC(C)C)cc(N2Cc3ccccc3C(C)(C)C2)n1. The molecule has 0 atom stereocenters. The van der Waals surface area contributed by atoms with E-state index in [2.05, 4.69) is 78.2 Å². The molecule has 0 saturated heterocycles. The number of rotatable bonds is 3. The fraction of sp³-hybridized carbons (Fsp3) is 0.474. The summed E-state index contributed by atoms with van der Waals surface area (Å²) in [5.74, 6) is 2.71. The maximum atomic E-state index is 4.68. The van der Waals surface area contributed by atoms with E-state index in [9.17, 15) is 0 Å². The van der Waals surface area contributed by atoms with Gasteiger partial charge in [-0.1, -0.05) is 38.1 Å². The Labute approximate surface area is 139 Å². The second-order valence-corrected chi connectivity index (χ2v) is 7.35. The van der Waals surface area contributed by atoms with Gasteiger partial charge in [-0.15, -0.1) is 0 Å². The van der Waals surface area contributed by atoms with Gasteiger partial charge >= 0.3 is 0 Å². The number of hydrogen-bond donors (Lipinski definition) is 1. The van der Waals surface area contributed by atoms with Crippen LogP contribution in [-0.4, -0.2) is 22.6 Å². The van der Waals surface area contributed by atoms with Gasteiger partial charge in [0.2, 0.25) is 0 Å². The molecule has 23 heavy (non-hydrogen) atoms. The third-order valence-corrected chi connectivity index (χ3v) is 4.28.